The molecule has 0 radical (unpaired) electrons. The Labute approximate surface area is 353 Å². The van der Waals surface area contributed by atoms with Crippen LogP contribution in [0.4, 0.5) is 11.8 Å². The zero-order valence-corrected chi connectivity index (χ0v) is 35.0. The number of benzene rings is 1. The Hall–Kier alpha value is -5.28. The molecule has 2 fully saturated rings. The molecule has 10 unspecified atom stereocenters. The lowest BCUT2D eigenvalue weighted by molar-refractivity contribution is -0.118. The first kappa shape index (κ1) is 44.8. The zero-order valence-electron chi connectivity index (χ0n) is 33.2. The molecule has 6 N–H and O–H groups in total. The molecule has 2 saturated heterocycles. The third kappa shape index (κ3) is 9.53. The number of anilines is 2. The fourth-order valence-electron chi connectivity index (χ4n) is 6.91. The number of nitriles is 1. The van der Waals surface area contributed by atoms with Gasteiger partial charge in [0.2, 0.25) is 11.9 Å². The quantitative estimate of drug-likeness (QED) is 0.0543. The maximum Gasteiger partial charge on any atom is 0.695 e. The Morgan fingerprint density at radius 3 is 2.40 bits per heavy atom. The molecule has 5 aromatic rings. The minimum Gasteiger partial charge on any atom is -0.396 e. The first-order valence-corrected chi connectivity index (χ1v) is 21.4. The summed E-state index contributed by atoms with van der Waals surface area (Å²) in [6.07, 6.45) is -2.53. The van der Waals surface area contributed by atoms with Crippen molar-refractivity contribution in [2.45, 2.75) is 64.1 Å². The number of ether oxygens (including phenoxy) is 2. The average molecular weight is 899 g/mol. The molecule has 1 aromatic carbocycles. The number of carbonyl (C=O) groups excluding carboxylic acids is 2. The Kier molecular flexibility index (Phi) is 14.3. The van der Waals surface area contributed by atoms with Crippen LogP contribution in [0.1, 0.15) is 50.0 Å². The lowest BCUT2D eigenvalue weighted by atomic mass is 10.0. The standard InChI is InChI=1S/C36H41N11O13P2/c1-18(2)31(50)44-36-43-30-25(33(52)45-36)41-17-47(30)35-26(19(3)22(13-49)57-35)60-62(55-11-7-10-37)56-14-23-27(59-61(53)54)21(12-48)34(58-23)46-16-40-24-28(38-15-39-29(24)46)42-32(51)20-8-5-4-6-9-20/h4-6,8-9,15-19,21-23,26-27,34-35,48-49H,7,11-14H2,1-3H3,(H3-,38,39,42,43,44,45,50,51,52,53,54)/p+1. The van der Waals surface area contributed by atoms with Crippen molar-refractivity contribution in [1.82, 2.24) is 39.0 Å². The normalized spacial score (nSPS) is 24.4. The number of aliphatic hydroxyl groups excluding tert-OH is 2. The van der Waals surface area contributed by atoms with Crippen LogP contribution < -0.4 is 16.2 Å². The summed E-state index contributed by atoms with van der Waals surface area (Å²) in [5.41, 5.74) is 0.103. The number of rotatable bonds is 18. The summed E-state index contributed by atoms with van der Waals surface area (Å²) in [6, 6.07) is 10.4. The SMILES string of the molecule is CC(C)C(=O)Nc1nc2c(ncn2C2OC(CO)C(C)C2OP(OCCC#N)OCC2OC(n3cnc4c(NC(=O)c5ccccc5)ncnc43)C(CO)C2O[P+](=O)O)c(=O)[nH]1. The van der Waals surface area contributed by atoms with Crippen molar-refractivity contribution in [3.63, 3.8) is 0 Å². The number of imidazole rings is 2. The molecule has 2 aliphatic rings. The van der Waals surface area contributed by atoms with Crippen LogP contribution >= 0.6 is 16.9 Å². The van der Waals surface area contributed by atoms with Crippen molar-refractivity contribution in [2.24, 2.45) is 17.8 Å². The van der Waals surface area contributed by atoms with Crippen molar-refractivity contribution in [1.29, 1.82) is 5.26 Å². The molecule has 0 saturated carbocycles. The fourth-order valence-corrected chi connectivity index (χ4v) is 8.61. The van der Waals surface area contributed by atoms with Gasteiger partial charge < -0.3 is 38.6 Å². The highest BCUT2D eigenvalue weighted by Crippen LogP contribution is 2.50. The van der Waals surface area contributed by atoms with E-state index in [9.17, 15) is 39.3 Å². The molecule has 0 aliphatic carbocycles. The third-order valence-corrected chi connectivity index (χ3v) is 11.7. The first-order chi connectivity index (χ1) is 29.9. The number of fused-ring (bicyclic) bond motifs is 2. The number of nitrogens with one attached hydrogen (secondary N) is 3. The monoisotopic (exact) mass is 898 g/mol. The van der Waals surface area contributed by atoms with Crippen LogP contribution in [0, 0.1) is 29.1 Å². The van der Waals surface area contributed by atoms with Gasteiger partial charge in [-0.25, -0.2) is 19.9 Å². The van der Waals surface area contributed by atoms with E-state index in [1.54, 1.807) is 51.1 Å². The lowest BCUT2D eigenvalue weighted by Gasteiger charge is -2.27. The molecule has 26 heteroatoms. The summed E-state index contributed by atoms with van der Waals surface area (Å²) in [5, 5.41) is 35.4. The molecule has 62 heavy (non-hydrogen) atoms. The van der Waals surface area contributed by atoms with Gasteiger partial charge >= 0.3 is 16.9 Å². The van der Waals surface area contributed by atoms with E-state index in [2.05, 4.69) is 40.5 Å². The van der Waals surface area contributed by atoms with Gasteiger partial charge in [-0.15, -0.1) is 9.42 Å². The van der Waals surface area contributed by atoms with Gasteiger partial charge in [0, 0.05) is 22.0 Å². The number of carbonyl (C=O) groups is 2. The molecular weight excluding hydrogens is 856 g/mol. The van der Waals surface area contributed by atoms with Gasteiger partial charge in [-0.05, 0) is 12.1 Å². The third-order valence-electron chi connectivity index (χ3n) is 10.1. The van der Waals surface area contributed by atoms with Crippen molar-refractivity contribution >= 4 is 62.8 Å². The Morgan fingerprint density at radius 1 is 0.984 bits per heavy atom. The van der Waals surface area contributed by atoms with E-state index in [1.807, 2.05) is 6.07 Å². The van der Waals surface area contributed by atoms with Gasteiger partial charge in [-0.1, -0.05) is 39.0 Å². The Morgan fingerprint density at radius 2 is 1.71 bits per heavy atom. The highest BCUT2D eigenvalue weighted by Gasteiger charge is 2.52. The fraction of sp³-hybridized carbons (Fsp3) is 0.472. The van der Waals surface area contributed by atoms with Gasteiger partial charge in [0.05, 0.1) is 63.6 Å². The summed E-state index contributed by atoms with van der Waals surface area (Å²) in [6.45, 7) is 3.53. The maximum atomic E-state index is 13.0. The van der Waals surface area contributed by atoms with Gasteiger partial charge in [0.15, 0.2) is 40.5 Å². The predicted octanol–water partition coefficient (Wildman–Crippen LogP) is 2.43. The highest BCUT2D eigenvalue weighted by molar-refractivity contribution is 7.41. The van der Waals surface area contributed by atoms with E-state index in [0.29, 0.717) is 5.56 Å². The number of aromatic amines is 1. The second-order valence-corrected chi connectivity index (χ2v) is 16.3. The number of aliphatic hydroxyl groups is 2. The van der Waals surface area contributed by atoms with Crippen LogP contribution in [0.3, 0.4) is 0 Å². The number of amides is 2. The summed E-state index contributed by atoms with van der Waals surface area (Å²) in [4.78, 5) is 72.3. The minimum atomic E-state index is -3.23. The molecule has 2 aliphatic heterocycles. The second-order valence-electron chi connectivity index (χ2n) is 14.4. The van der Waals surface area contributed by atoms with Crippen molar-refractivity contribution in [2.75, 3.05) is 37.1 Å². The molecule has 0 spiro atoms. The molecule has 0 bridgehead atoms. The summed E-state index contributed by atoms with van der Waals surface area (Å²) in [5.74, 6) is -2.81. The van der Waals surface area contributed by atoms with E-state index >= 15 is 0 Å². The van der Waals surface area contributed by atoms with Crippen molar-refractivity contribution in [3.05, 3.63) is 65.2 Å². The molecular formula is C36H42N11O13P2+. The number of aromatic nitrogens is 8. The van der Waals surface area contributed by atoms with E-state index in [-0.39, 0.29) is 47.1 Å². The number of hydrogen-bond acceptors (Lipinski definition) is 18. The van der Waals surface area contributed by atoms with Crippen LogP contribution in [0.5, 0.6) is 0 Å². The molecule has 7 rings (SSSR count). The van der Waals surface area contributed by atoms with Gasteiger partial charge in [-0.3, -0.25) is 33.8 Å². The van der Waals surface area contributed by atoms with Crippen molar-refractivity contribution in [3.8, 4) is 6.07 Å². The second kappa shape index (κ2) is 19.8. The average Bonchev–Trinajstić information content (AvgIpc) is 4.03. The molecule has 10 atom stereocenters. The number of hydrogen-bond donors (Lipinski definition) is 6. The van der Waals surface area contributed by atoms with E-state index in [1.165, 1.54) is 28.1 Å². The van der Waals surface area contributed by atoms with Gasteiger partial charge in [0.1, 0.15) is 24.8 Å². The molecule has 24 nitrogen and oxygen atoms in total. The van der Waals surface area contributed by atoms with E-state index in [0.717, 1.165) is 0 Å². The van der Waals surface area contributed by atoms with Crippen LogP contribution in [0.2, 0.25) is 0 Å². The van der Waals surface area contributed by atoms with E-state index < -0.39 is 109 Å². The zero-order chi connectivity index (χ0) is 44.1. The van der Waals surface area contributed by atoms with Crippen molar-refractivity contribution < 1.29 is 56.8 Å². The number of H-pyrrole nitrogens is 1. The van der Waals surface area contributed by atoms with Gasteiger partial charge in [-0.2, -0.15) is 10.2 Å². The maximum absolute atomic E-state index is 13.0. The van der Waals surface area contributed by atoms with Crippen LogP contribution in [-0.4, -0.2) is 117 Å². The van der Waals surface area contributed by atoms with Gasteiger partial charge in [0.25, 0.3) is 11.5 Å². The Bertz CT molecular complexity index is 2500. The van der Waals surface area contributed by atoms with Crippen LogP contribution in [0.25, 0.3) is 22.3 Å². The summed E-state index contributed by atoms with van der Waals surface area (Å²) < 4.78 is 51.5. The first-order valence-electron chi connectivity index (χ1n) is 19.2. The molecule has 2 amide bonds. The highest BCUT2D eigenvalue weighted by atomic mass is 31.2. The topological polar surface area (TPSA) is 322 Å². The molecule has 328 valence electrons. The minimum absolute atomic E-state index is 0.0365. The Balaban J connectivity index is 1.14. The largest absolute Gasteiger partial charge is 0.695 e. The molecule has 4 aromatic heterocycles. The smallest absolute Gasteiger partial charge is 0.396 e. The van der Waals surface area contributed by atoms with E-state index in [4.69, 9.17) is 27.6 Å². The lowest BCUT2D eigenvalue weighted by Crippen LogP contribution is -2.33. The number of nitrogens with zero attached hydrogens (tertiary/aromatic N) is 8. The summed E-state index contributed by atoms with van der Waals surface area (Å²) >= 11 is 0. The van der Waals surface area contributed by atoms with Crippen LogP contribution in [0.15, 0.2) is 54.1 Å². The summed E-state index contributed by atoms with van der Waals surface area (Å²) in [7, 11) is -5.64. The van der Waals surface area contributed by atoms with Crippen LogP contribution in [-0.2, 0) is 36.9 Å². The predicted molar refractivity (Wildman–Crippen MR) is 215 cm³/mol. The molecule has 6 heterocycles.